The second-order valence-electron chi connectivity index (χ2n) is 7.84. The number of nitrogens with zero attached hydrogens (tertiary/aromatic N) is 2. The number of nitrogens with one attached hydrogen (secondary N) is 1. The van der Waals surface area contributed by atoms with Crippen molar-refractivity contribution >= 4 is 31.4 Å². The molecule has 31 heavy (non-hydrogen) atoms. The Hall–Kier alpha value is -3.48. The van der Waals surface area contributed by atoms with Gasteiger partial charge in [0.15, 0.2) is 0 Å². The van der Waals surface area contributed by atoms with Gasteiger partial charge in [-0.05, 0) is 43.0 Å². The van der Waals surface area contributed by atoms with Crippen LogP contribution in [-0.4, -0.2) is 34.7 Å². The molecule has 0 saturated heterocycles. The third-order valence-corrected chi connectivity index (χ3v) is 5.53. The molecule has 0 spiro atoms. The van der Waals surface area contributed by atoms with Gasteiger partial charge in [0, 0.05) is 6.54 Å². The van der Waals surface area contributed by atoms with Crippen LogP contribution < -0.4 is 26.5 Å². The highest BCUT2D eigenvalue weighted by Crippen LogP contribution is 2.13. The molecule has 0 bridgehead atoms. The Balaban J connectivity index is 1.49. The molecule has 1 heterocycles. The van der Waals surface area contributed by atoms with Gasteiger partial charge in [-0.15, -0.1) is 0 Å². The summed E-state index contributed by atoms with van der Waals surface area (Å²) >= 11 is 0. The summed E-state index contributed by atoms with van der Waals surface area (Å²) in [5.41, 5.74) is 3.12. The van der Waals surface area contributed by atoms with Crippen LogP contribution in [0, 0.1) is 5.41 Å². The largest absolute Gasteiger partial charge is 0.494 e. The molecule has 7 heteroatoms. The van der Waals surface area contributed by atoms with Crippen molar-refractivity contribution in [1.82, 2.24) is 9.13 Å². The van der Waals surface area contributed by atoms with Gasteiger partial charge in [-0.25, -0.2) is 4.79 Å². The summed E-state index contributed by atoms with van der Waals surface area (Å²) in [5, 5.41) is 20.1. The molecule has 158 valence electrons. The molecule has 4 rings (SSSR count). The molecule has 2 N–H and O–H groups in total. The van der Waals surface area contributed by atoms with Gasteiger partial charge in [-0.3, -0.25) is 5.41 Å². The molecule has 1 aliphatic rings. The second kappa shape index (κ2) is 9.12. The van der Waals surface area contributed by atoms with Crippen LogP contribution in [0.15, 0.2) is 48.5 Å². The molecule has 0 amide bonds. The van der Waals surface area contributed by atoms with E-state index in [2.05, 4.69) is 53.4 Å². The number of fused-ring (bicyclic) bond motifs is 1. The zero-order chi connectivity index (χ0) is 21.8. The Kier molecular flexibility index (Phi) is 6.12. The fourth-order valence-corrected chi connectivity index (χ4v) is 3.91. The molecule has 0 radical (unpaired) electrons. The lowest BCUT2D eigenvalue weighted by Crippen LogP contribution is -2.35. The van der Waals surface area contributed by atoms with E-state index in [1.54, 1.807) is 18.2 Å². The lowest BCUT2D eigenvalue weighted by atomic mass is 9.95. The minimum absolute atomic E-state index is 0.215. The van der Waals surface area contributed by atoms with E-state index in [4.69, 9.17) is 15.3 Å². The van der Waals surface area contributed by atoms with Crippen molar-refractivity contribution in [1.29, 1.82) is 5.41 Å². The van der Waals surface area contributed by atoms with Gasteiger partial charge in [0.05, 0.1) is 29.4 Å². The zero-order valence-electron chi connectivity index (χ0n) is 17.7. The van der Waals surface area contributed by atoms with Crippen molar-refractivity contribution in [2.45, 2.75) is 32.4 Å². The summed E-state index contributed by atoms with van der Waals surface area (Å²) in [6.45, 7) is 1.80. The minimum Gasteiger partial charge on any atom is -0.494 e. The van der Waals surface area contributed by atoms with Gasteiger partial charge in [0.25, 0.3) is 0 Å². The van der Waals surface area contributed by atoms with Crippen LogP contribution in [0.3, 0.4) is 0 Å². The van der Waals surface area contributed by atoms with E-state index >= 15 is 0 Å². The lowest BCUT2D eigenvalue weighted by molar-refractivity contribution is 0.0696. The SMILES string of the molecule is Bc1ccc(Cn2c3c(n(CCCOc4cccc(C(=O)O)c4)c2=N)=CCCC=3)cc1. The number of carbonyl (C=O) groups is 1. The minimum atomic E-state index is -0.965. The summed E-state index contributed by atoms with van der Waals surface area (Å²) in [7, 11) is 2.08. The number of carboxylic acids is 1. The number of hydrogen-bond acceptors (Lipinski definition) is 3. The summed E-state index contributed by atoms with van der Waals surface area (Å²) in [6, 6.07) is 15.0. The van der Waals surface area contributed by atoms with Crippen molar-refractivity contribution in [3.05, 3.63) is 76.0 Å². The van der Waals surface area contributed by atoms with Crippen LogP contribution in [0.5, 0.6) is 5.75 Å². The summed E-state index contributed by atoms with van der Waals surface area (Å²) in [5.74, 6) is -0.414. The molecular weight excluding hydrogens is 389 g/mol. The predicted molar refractivity (Wildman–Crippen MR) is 123 cm³/mol. The number of rotatable bonds is 8. The number of ether oxygens (including phenoxy) is 1. The van der Waals surface area contributed by atoms with Crippen LogP contribution in [0.2, 0.25) is 0 Å². The van der Waals surface area contributed by atoms with E-state index in [1.807, 2.05) is 0 Å². The number of imidazole rings is 1. The first kappa shape index (κ1) is 20.8. The zero-order valence-corrected chi connectivity index (χ0v) is 17.7. The van der Waals surface area contributed by atoms with Gasteiger partial charge in [0.1, 0.15) is 13.6 Å². The Labute approximate surface area is 181 Å². The average Bonchev–Trinajstić information content (AvgIpc) is 3.04. The fraction of sp³-hybridized carbons (Fsp3) is 0.250. The Morgan fingerprint density at radius 3 is 2.48 bits per heavy atom. The van der Waals surface area contributed by atoms with Crippen LogP contribution in [0.4, 0.5) is 0 Å². The number of hydrogen-bond donors (Lipinski definition) is 2. The van der Waals surface area contributed by atoms with E-state index in [-0.39, 0.29) is 5.56 Å². The quantitative estimate of drug-likeness (QED) is 0.418. The Bertz CT molecular complexity index is 1270. The molecular formula is C24H26BN3O3. The molecule has 1 aliphatic carbocycles. The summed E-state index contributed by atoms with van der Waals surface area (Å²) in [4.78, 5) is 11.1. The molecule has 0 unspecified atom stereocenters. The van der Waals surface area contributed by atoms with E-state index in [1.165, 1.54) is 17.1 Å². The topological polar surface area (TPSA) is 80.2 Å². The van der Waals surface area contributed by atoms with Gasteiger partial charge >= 0.3 is 5.97 Å². The number of benzene rings is 2. The standard InChI is InChI=1S/C24H26BN3O3/c25-19-11-9-17(10-12-19)16-28-22-8-2-1-7-21(22)27(24(28)26)13-4-14-31-20-6-3-5-18(15-20)23(29)30/h3,5-12,15,26H,1-2,4,13-14,16,25H2,(H,29,30). The van der Waals surface area contributed by atoms with Gasteiger partial charge in [0.2, 0.25) is 5.62 Å². The Morgan fingerprint density at radius 2 is 1.77 bits per heavy atom. The maximum Gasteiger partial charge on any atom is 0.335 e. The fourth-order valence-electron chi connectivity index (χ4n) is 3.91. The third kappa shape index (κ3) is 4.66. The Morgan fingerprint density at radius 1 is 1.06 bits per heavy atom. The van der Waals surface area contributed by atoms with Crippen molar-refractivity contribution in [3.8, 4) is 5.75 Å². The molecule has 1 aromatic heterocycles. The molecule has 0 atom stereocenters. The monoisotopic (exact) mass is 415 g/mol. The van der Waals surface area contributed by atoms with Gasteiger partial charge in [-0.2, -0.15) is 0 Å². The number of aromatic nitrogens is 2. The van der Waals surface area contributed by atoms with E-state index in [0.717, 1.165) is 30.0 Å². The normalized spacial score (nSPS) is 12.5. The van der Waals surface area contributed by atoms with Crippen molar-refractivity contribution in [2.75, 3.05) is 6.61 Å². The van der Waals surface area contributed by atoms with E-state index in [0.29, 0.717) is 31.1 Å². The summed E-state index contributed by atoms with van der Waals surface area (Å²) in [6.07, 6.45) is 7.15. The smallest absolute Gasteiger partial charge is 0.335 e. The maximum absolute atomic E-state index is 11.1. The van der Waals surface area contributed by atoms with Crippen LogP contribution >= 0.6 is 0 Å². The molecule has 0 aliphatic heterocycles. The highest BCUT2D eigenvalue weighted by atomic mass is 16.5. The first-order chi connectivity index (χ1) is 15.0. The average molecular weight is 415 g/mol. The highest BCUT2D eigenvalue weighted by Gasteiger charge is 2.11. The molecule has 0 saturated carbocycles. The van der Waals surface area contributed by atoms with Crippen molar-refractivity contribution in [2.24, 2.45) is 0 Å². The molecule has 3 aromatic rings. The molecule has 0 fully saturated rings. The lowest BCUT2D eigenvalue weighted by Gasteiger charge is -2.08. The first-order valence-electron chi connectivity index (χ1n) is 10.6. The van der Waals surface area contributed by atoms with Crippen LogP contribution in [0.25, 0.3) is 12.2 Å². The van der Waals surface area contributed by atoms with Crippen LogP contribution in [-0.2, 0) is 13.1 Å². The first-order valence-corrected chi connectivity index (χ1v) is 10.6. The van der Waals surface area contributed by atoms with Crippen molar-refractivity contribution < 1.29 is 14.6 Å². The van der Waals surface area contributed by atoms with E-state index in [9.17, 15) is 4.79 Å². The van der Waals surface area contributed by atoms with Gasteiger partial charge in [-0.1, -0.05) is 47.9 Å². The molecule has 2 aromatic carbocycles. The van der Waals surface area contributed by atoms with Crippen molar-refractivity contribution in [3.63, 3.8) is 0 Å². The summed E-state index contributed by atoms with van der Waals surface area (Å²) < 4.78 is 9.88. The van der Waals surface area contributed by atoms with Gasteiger partial charge < -0.3 is 19.0 Å². The second-order valence-corrected chi connectivity index (χ2v) is 7.84. The number of carboxylic acid groups (broad SMARTS) is 1. The van der Waals surface area contributed by atoms with Crippen LogP contribution in [0.1, 0.15) is 35.2 Å². The predicted octanol–water partition coefficient (Wildman–Crippen LogP) is 0.598. The highest BCUT2D eigenvalue weighted by molar-refractivity contribution is 6.32. The maximum atomic E-state index is 11.1. The van der Waals surface area contributed by atoms with E-state index < -0.39 is 5.97 Å². The number of aromatic carboxylic acids is 1. The molecule has 6 nitrogen and oxygen atoms in total. The third-order valence-electron chi connectivity index (χ3n) is 5.53.